The summed E-state index contributed by atoms with van der Waals surface area (Å²) >= 11 is 1.56. The molecule has 3 aromatic rings. The van der Waals surface area contributed by atoms with Crippen molar-refractivity contribution in [1.29, 1.82) is 0 Å². The van der Waals surface area contributed by atoms with Crippen molar-refractivity contribution in [2.45, 2.75) is 17.4 Å². The summed E-state index contributed by atoms with van der Waals surface area (Å²) < 4.78 is 32.6. The molecule has 10 heteroatoms. The van der Waals surface area contributed by atoms with Gasteiger partial charge in [0.1, 0.15) is 6.04 Å². The van der Waals surface area contributed by atoms with Crippen LogP contribution in [0.1, 0.15) is 17.0 Å². The van der Waals surface area contributed by atoms with Gasteiger partial charge in [-0.05, 0) is 67.0 Å². The third-order valence-corrected chi connectivity index (χ3v) is 6.48. The predicted octanol–water partition coefficient (Wildman–Crippen LogP) is 3.57. The molecule has 168 valence electrons. The average molecular weight is 474 g/mol. The number of thioether (sulfide) groups is 1. The number of nitrogens with one attached hydrogen (secondary N) is 3. The van der Waals surface area contributed by atoms with Crippen molar-refractivity contribution in [3.05, 3.63) is 78.8 Å². The van der Waals surface area contributed by atoms with E-state index >= 15 is 0 Å². The minimum atomic E-state index is -3.76. The van der Waals surface area contributed by atoms with Crippen LogP contribution in [0.25, 0.3) is 0 Å². The molecular weight excluding hydrogens is 450 g/mol. The van der Waals surface area contributed by atoms with Gasteiger partial charge in [-0.25, -0.2) is 8.42 Å². The molecule has 32 heavy (non-hydrogen) atoms. The third-order valence-electron chi connectivity index (χ3n) is 4.44. The highest BCUT2D eigenvalue weighted by atomic mass is 32.2. The Balaban J connectivity index is 1.66. The molecule has 0 aliphatic heterocycles. The molecule has 3 N–H and O–H groups in total. The molecule has 0 aliphatic carbocycles. The molecular formula is C22H23N3O5S2. The van der Waals surface area contributed by atoms with Crippen LogP contribution in [-0.2, 0) is 14.8 Å². The molecule has 1 atom stereocenters. The summed E-state index contributed by atoms with van der Waals surface area (Å²) in [5.41, 5.74) is 0.865. The normalized spacial score (nSPS) is 12.0. The highest BCUT2D eigenvalue weighted by Gasteiger charge is 2.23. The summed E-state index contributed by atoms with van der Waals surface area (Å²) in [7, 11) is -3.76. The van der Waals surface area contributed by atoms with E-state index < -0.39 is 27.9 Å². The molecule has 0 aliphatic rings. The smallest absolute Gasteiger partial charge is 0.287 e. The Hall–Kier alpha value is -3.24. The predicted molar refractivity (Wildman–Crippen MR) is 125 cm³/mol. The molecule has 2 aromatic carbocycles. The summed E-state index contributed by atoms with van der Waals surface area (Å²) in [5.74, 6) is -0.104. The lowest BCUT2D eigenvalue weighted by Crippen LogP contribution is -2.44. The molecule has 2 amide bonds. The molecule has 0 radical (unpaired) electrons. The van der Waals surface area contributed by atoms with Gasteiger partial charge in [-0.3, -0.25) is 14.3 Å². The number of hydrogen-bond donors (Lipinski definition) is 3. The van der Waals surface area contributed by atoms with Crippen LogP contribution in [0.15, 0.2) is 82.3 Å². The van der Waals surface area contributed by atoms with Gasteiger partial charge in [0.15, 0.2) is 5.76 Å². The van der Waals surface area contributed by atoms with E-state index in [0.29, 0.717) is 23.5 Å². The quantitative estimate of drug-likeness (QED) is 0.414. The van der Waals surface area contributed by atoms with Crippen molar-refractivity contribution in [2.75, 3.05) is 22.0 Å². The number of anilines is 2. The highest BCUT2D eigenvalue weighted by Crippen LogP contribution is 2.18. The van der Waals surface area contributed by atoms with Crippen molar-refractivity contribution in [3.8, 4) is 0 Å². The number of amides is 2. The minimum absolute atomic E-state index is 0.0596. The zero-order valence-corrected chi connectivity index (χ0v) is 18.9. The molecule has 8 nitrogen and oxygen atoms in total. The van der Waals surface area contributed by atoms with Gasteiger partial charge in [0.05, 0.1) is 11.2 Å². The molecule has 0 saturated carbocycles. The van der Waals surface area contributed by atoms with Gasteiger partial charge in [-0.2, -0.15) is 11.8 Å². The molecule has 3 rings (SSSR count). The van der Waals surface area contributed by atoms with E-state index in [0.717, 1.165) is 0 Å². The second kappa shape index (κ2) is 10.9. The van der Waals surface area contributed by atoms with Crippen LogP contribution in [0.3, 0.4) is 0 Å². The van der Waals surface area contributed by atoms with Gasteiger partial charge in [-0.15, -0.1) is 0 Å². The Kier molecular flexibility index (Phi) is 7.96. The summed E-state index contributed by atoms with van der Waals surface area (Å²) in [5, 5.41) is 5.39. The van der Waals surface area contributed by atoms with Crippen molar-refractivity contribution in [1.82, 2.24) is 5.32 Å². The topological polar surface area (TPSA) is 118 Å². The van der Waals surface area contributed by atoms with E-state index in [1.165, 1.54) is 36.6 Å². The molecule has 0 unspecified atom stereocenters. The lowest BCUT2D eigenvalue weighted by molar-refractivity contribution is -0.118. The lowest BCUT2D eigenvalue weighted by Gasteiger charge is -2.18. The molecule has 1 aromatic heterocycles. The summed E-state index contributed by atoms with van der Waals surface area (Å²) in [6.07, 6.45) is 3.72. The number of furan rings is 1. The van der Waals surface area contributed by atoms with Crippen LogP contribution in [0, 0.1) is 0 Å². The Morgan fingerprint density at radius 3 is 2.31 bits per heavy atom. The molecule has 0 fully saturated rings. The first-order chi connectivity index (χ1) is 15.4. The van der Waals surface area contributed by atoms with Crippen LogP contribution in [0.4, 0.5) is 11.4 Å². The van der Waals surface area contributed by atoms with Gasteiger partial charge in [0.25, 0.3) is 15.9 Å². The number of carbonyl (C=O) groups excluding carboxylic acids is 2. The fourth-order valence-corrected chi connectivity index (χ4v) is 4.34. The summed E-state index contributed by atoms with van der Waals surface area (Å²) in [4.78, 5) is 25.1. The van der Waals surface area contributed by atoms with Gasteiger partial charge in [0, 0.05) is 11.4 Å². The number of benzene rings is 2. The molecule has 0 saturated heterocycles. The lowest BCUT2D eigenvalue weighted by atomic mass is 10.2. The van der Waals surface area contributed by atoms with Crippen LogP contribution < -0.4 is 15.4 Å². The zero-order valence-electron chi connectivity index (χ0n) is 17.3. The van der Waals surface area contributed by atoms with E-state index in [1.54, 1.807) is 48.2 Å². The van der Waals surface area contributed by atoms with Crippen molar-refractivity contribution in [2.24, 2.45) is 0 Å². The van der Waals surface area contributed by atoms with Gasteiger partial charge < -0.3 is 15.1 Å². The molecule has 1 heterocycles. The summed E-state index contributed by atoms with van der Waals surface area (Å²) in [6.45, 7) is 0. The molecule has 0 spiro atoms. The largest absolute Gasteiger partial charge is 0.459 e. The van der Waals surface area contributed by atoms with E-state index in [1.807, 2.05) is 6.26 Å². The second-order valence-electron chi connectivity index (χ2n) is 6.77. The van der Waals surface area contributed by atoms with Crippen molar-refractivity contribution >= 4 is 45.0 Å². The maximum Gasteiger partial charge on any atom is 0.287 e. The van der Waals surface area contributed by atoms with Crippen LogP contribution in [0.2, 0.25) is 0 Å². The van der Waals surface area contributed by atoms with E-state index in [4.69, 9.17) is 4.42 Å². The maximum atomic E-state index is 12.8. The minimum Gasteiger partial charge on any atom is -0.459 e. The zero-order chi connectivity index (χ0) is 23.0. The van der Waals surface area contributed by atoms with E-state index in [2.05, 4.69) is 15.4 Å². The Bertz CT molecular complexity index is 1130. The van der Waals surface area contributed by atoms with Crippen LogP contribution in [-0.4, -0.2) is 38.3 Å². The third kappa shape index (κ3) is 6.38. The highest BCUT2D eigenvalue weighted by molar-refractivity contribution is 7.98. The SMILES string of the molecule is CSCC[C@@H](NC(=O)c1ccco1)C(=O)Nc1ccc(S(=O)(=O)Nc2ccccc2)cc1. The number of hydrogen-bond acceptors (Lipinski definition) is 6. The first-order valence-corrected chi connectivity index (χ1v) is 12.6. The second-order valence-corrected chi connectivity index (χ2v) is 9.44. The Morgan fingerprint density at radius 1 is 0.969 bits per heavy atom. The number of sulfonamides is 1. The van der Waals surface area contributed by atoms with Crippen molar-refractivity contribution in [3.63, 3.8) is 0 Å². The monoisotopic (exact) mass is 473 g/mol. The van der Waals surface area contributed by atoms with Crippen LogP contribution >= 0.6 is 11.8 Å². The summed E-state index contributed by atoms with van der Waals surface area (Å²) in [6, 6.07) is 16.7. The first kappa shape index (κ1) is 23.4. The molecule has 0 bridgehead atoms. The van der Waals surface area contributed by atoms with Gasteiger partial charge in [-0.1, -0.05) is 18.2 Å². The fourth-order valence-electron chi connectivity index (χ4n) is 2.81. The van der Waals surface area contributed by atoms with Crippen LogP contribution in [0.5, 0.6) is 0 Å². The first-order valence-electron chi connectivity index (χ1n) is 9.71. The number of carbonyl (C=O) groups is 2. The average Bonchev–Trinajstić information content (AvgIpc) is 3.32. The standard InChI is InChI=1S/C22H23N3O5S2/c1-31-15-13-19(24-22(27)20-8-5-14-30-20)21(26)23-16-9-11-18(12-10-16)32(28,29)25-17-6-3-2-4-7-17/h2-12,14,19,25H,13,15H2,1H3,(H,23,26)(H,24,27)/t19-/m1/s1. The fraction of sp³-hybridized carbons (Fsp3) is 0.182. The van der Waals surface area contributed by atoms with Crippen molar-refractivity contribution < 1.29 is 22.4 Å². The van der Waals surface area contributed by atoms with E-state index in [9.17, 15) is 18.0 Å². The Morgan fingerprint density at radius 2 is 1.69 bits per heavy atom. The van der Waals surface area contributed by atoms with Gasteiger partial charge in [0.2, 0.25) is 5.91 Å². The number of para-hydroxylation sites is 1. The van der Waals surface area contributed by atoms with E-state index in [-0.39, 0.29) is 10.7 Å². The number of rotatable bonds is 10. The van der Waals surface area contributed by atoms with Gasteiger partial charge >= 0.3 is 0 Å². The Labute approximate surface area is 190 Å². The maximum absolute atomic E-state index is 12.8.